The summed E-state index contributed by atoms with van der Waals surface area (Å²) in [5, 5.41) is 7.70. The van der Waals surface area contributed by atoms with E-state index in [2.05, 4.69) is 10.4 Å². The number of rotatable bonds is 2. The molecular weight excluding hydrogens is 216 g/mol. The van der Waals surface area contributed by atoms with Crippen molar-refractivity contribution in [1.82, 2.24) is 19.5 Å². The van der Waals surface area contributed by atoms with Crippen LogP contribution in [-0.2, 0) is 6.54 Å². The van der Waals surface area contributed by atoms with Gasteiger partial charge in [0.2, 0.25) is 0 Å². The lowest BCUT2D eigenvalue weighted by molar-refractivity contribution is 0.321. The van der Waals surface area contributed by atoms with Gasteiger partial charge in [-0.05, 0) is 44.0 Å². The number of fused-ring (bicyclic) bond motifs is 1. The average Bonchev–Trinajstić information content (AvgIpc) is 2.68. The number of nitrogens with one attached hydrogen (secondary N) is 1. The summed E-state index contributed by atoms with van der Waals surface area (Å²) in [6, 6.07) is 5.61. The molecule has 0 amide bonds. The maximum absolute atomic E-state index is 12.0. The lowest BCUT2D eigenvalue weighted by atomic mass is 10.00. The van der Waals surface area contributed by atoms with Crippen molar-refractivity contribution in [2.45, 2.75) is 19.4 Å². The molecule has 0 aromatic carbocycles. The quantitative estimate of drug-likeness (QED) is 0.820. The Bertz CT molecular complexity index is 565. The number of hydrogen-bond donors (Lipinski definition) is 1. The number of hydrogen-bond acceptors (Lipinski definition) is 3. The van der Waals surface area contributed by atoms with Gasteiger partial charge >= 0.3 is 5.69 Å². The summed E-state index contributed by atoms with van der Waals surface area (Å²) in [5.41, 5.74) is 0.687. The van der Waals surface area contributed by atoms with Gasteiger partial charge < -0.3 is 5.32 Å². The summed E-state index contributed by atoms with van der Waals surface area (Å²) in [5.74, 6) is 0.520. The van der Waals surface area contributed by atoms with Crippen molar-refractivity contribution < 1.29 is 0 Å². The van der Waals surface area contributed by atoms with E-state index < -0.39 is 0 Å². The van der Waals surface area contributed by atoms with Gasteiger partial charge in [0.05, 0.1) is 6.54 Å². The van der Waals surface area contributed by atoms with Gasteiger partial charge in [0.1, 0.15) is 0 Å². The third-order valence-electron chi connectivity index (χ3n) is 3.32. The van der Waals surface area contributed by atoms with Crippen molar-refractivity contribution in [3.8, 4) is 0 Å². The molecule has 1 aliphatic rings. The third kappa shape index (κ3) is 1.98. The van der Waals surface area contributed by atoms with E-state index in [0.717, 1.165) is 18.7 Å². The SMILES string of the molecule is O=c1n(CC2CCCNC2)nc2ccccn12. The second kappa shape index (κ2) is 4.33. The Morgan fingerprint density at radius 2 is 2.41 bits per heavy atom. The predicted molar refractivity (Wildman–Crippen MR) is 65.0 cm³/mol. The highest BCUT2D eigenvalue weighted by atomic mass is 16.2. The van der Waals surface area contributed by atoms with Crippen molar-refractivity contribution >= 4 is 5.65 Å². The van der Waals surface area contributed by atoms with Gasteiger partial charge in [-0.15, -0.1) is 5.10 Å². The predicted octanol–water partition coefficient (Wildman–Crippen LogP) is 0.496. The fourth-order valence-electron chi connectivity index (χ4n) is 2.41. The first kappa shape index (κ1) is 10.5. The molecule has 5 nitrogen and oxygen atoms in total. The fourth-order valence-corrected chi connectivity index (χ4v) is 2.41. The van der Waals surface area contributed by atoms with E-state index in [1.807, 2.05) is 18.2 Å². The first-order valence-corrected chi connectivity index (χ1v) is 6.09. The van der Waals surface area contributed by atoms with E-state index in [0.29, 0.717) is 12.5 Å². The van der Waals surface area contributed by atoms with Crippen LogP contribution in [0, 0.1) is 5.92 Å². The van der Waals surface area contributed by atoms with Crippen LogP contribution in [0.4, 0.5) is 0 Å². The van der Waals surface area contributed by atoms with Gasteiger partial charge in [-0.25, -0.2) is 9.48 Å². The van der Waals surface area contributed by atoms with Crippen LogP contribution < -0.4 is 11.0 Å². The summed E-state index contributed by atoms with van der Waals surface area (Å²) in [4.78, 5) is 12.0. The van der Waals surface area contributed by atoms with Crippen LogP contribution in [-0.4, -0.2) is 27.3 Å². The maximum Gasteiger partial charge on any atom is 0.350 e. The first-order valence-electron chi connectivity index (χ1n) is 6.09. The van der Waals surface area contributed by atoms with Gasteiger partial charge in [-0.3, -0.25) is 4.40 Å². The molecule has 0 bridgehead atoms. The molecule has 0 aliphatic carbocycles. The van der Waals surface area contributed by atoms with Crippen LogP contribution in [0.3, 0.4) is 0 Å². The van der Waals surface area contributed by atoms with E-state index in [1.165, 1.54) is 12.8 Å². The Hall–Kier alpha value is -1.62. The van der Waals surface area contributed by atoms with Crippen LogP contribution in [0.5, 0.6) is 0 Å². The normalized spacial score (nSPS) is 20.8. The Balaban J connectivity index is 1.89. The summed E-state index contributed by atoms with van der Waals surface area (Å²) in [7, 11) is 0. The van der Waals surface area contributed by atoms with E-state index in [9.17, 15) is 4.79 Å². The number of aromatic nitrogens is 3. The molecule has 3 rings (SSSR count). The van der Waals surface area contributed by atoms with Gasteiger partial charge in [0.25, 0.3) is 0 Å². The lowest BCUT2D eigenvalue weighted by Crippen LogP contribution is -2.34. The Kier molecular flexibility index (Phi) is 2.68. The maximum atomic E-state index is 12.0. The largest absolute Gasteiger partial charge is 0.350 e. The smallest absolute Gasteiger partial charge is 0.316 e. The fraction of sp³-hybridized carbons (Fsp3) is 0.500. The zero-order chi connectivity index (χ0) is 11.7. The van der Waals surface area contributed by atoms with Crippen LogP contribution in [0.25, 0.3) is 5.65 Å². The topological polar surface area (TPSA) is 51.3 Å². The van der Waals surface area contributed by atoms with Crippen molar-refractivity contribution in [2.24, 2.45) is 5.92 Å². The highest BCUT2D eigenvalue weighted by Gasteiger charge is 2.16. The minimum Gasteiger partial charge on any atom is -0.316 e. The minimum absolute atomic E-state index is 0.0360. The Labute approximate surface area is 99.1 Å². The highest BCUT2D eigenvalue weighted by molar-refractivity contribution is 5.35. The molecule has 0 radical (unpaired) electrons. The first-order chi connectivity index (χ1) is 8.34. The van der Waals surface area contributed by atoms with Gasteiger partial charge in [-0.1, -0.05) is 6.07 Å². The van der Waals surface area contributed by atoms with Crippen LogP contribution in [0.1, 0.15) is 12.8 Å². The summed E-state index contributed by atoms with van der Waals surface area (Å²) in [6.07, 6.45) is 4.13. The molecule has 1 aliphatic heterocycles. The van der Waals surface area contributed by atoms with E-state index >= 15 is 0 Å². The molecule has 0 spiro atoms. The van der Waals surface area contributed by atoms with Crippen LogP contribution in [0.2, 0.25) is 0 Å². The van der Waals surface area contributed by atoms with E-state index in [-0.39, 0.29) is 5.69 Å². The van der Waals surface area contributed by atoms with Crippen molar-refractivity contribution in [3.05, 3.63) is 34.9 Å². The molecule has 2 aromatic heterocycles. The minimum atomic E-state index is -0.0360. The molecule has 3 heterocycles. The summed E-state index contributed by atoms with van der Waals surface area (Å²) in [6.45, 7) is 2.80. The summed E-state index contributed by atoms with van der Waals surface area (Å²) < 4.78 is 3.18. The number of nitrogens with zero attached hydrogens (tertiary/aromatic N) is 3. The zero-order valence-corrected chi connectivity index (χ0v) is 9.67. The number of pyridine rings is 1. The van der Waals surface area contributed by atoms with E-state index in [4.69, 9.17) is 0 Å². The molecule has 1 N–H and O–H groups in total. The highest BCUT2D eigenvalue weighted by Crippen LogP contribution is 2.11. The summed E-state index contributed by atoms with van der Waals surface area (Å²) >= 11 is 0. The van der Waals surface area contributed by atoms with Gasteiger partial charge in [0.15, 0.2) is 5.65 Å². The molecule has 1 fully saturated rings. The van der Waals surface area contributed by atoms with Crippen molar-refractivity contribution in [3.63, 3.8) is 0 Å². The Morgan fingerprint density at radius 3 is 3.18 bits per heavy atom. The van der Waals surface area contributed by atoms with Crippen molar-refractivity contribution in [1.29, 1.82) is 0 Å². The molecule has 1 unspecified atom stereocenters. The second-order valence-corrected chi connectivity index (χ2v) is 4.61. The monoisotopic (exact) mass is 232 g/mol. The molecule has 1 atom stereocenters. The van der Waals surface area contributed by atoms with E-state index in [1.54, 1.807) is 15.3 Å². The molecule has 1 saturated heterocycles. The molecule has 5 heteroatoms. The van der Waals surface area contributed by atoms with Gasteiger partial charge in [0, 0.05) is 6.20 Å². The molecular formula is C12H16N4O. The number of piperidine rings is 1. The molecule has 90 valence electrons. The molecule has 17 heavy (non-hydrogen) atoms. The van der Waals surface area contributed by atoms with Crippen molar-refractivity contribution in [2.75, 3.05) is 13.1 Å². The standard InChI is InChI=1S/C12H16N4O/c17-12-15-7-2-1-5-11(15)14-16(12)9-10-4-3-6-13-8-10/h1-2,5,7,10,13H,3-4,6,8-9H2. The zero-order valence-electron chi connectivity index (χ0n) is 9.67. The van der Waals surface area contributed by atoms with Crippen LogP contribution in [0.15, 0.2) is 29.2 Å². The third-order valence-corrected chi connectivity index (χ3v) is 3.32. The average molecular weight is 232 g/mol. The Morgan fingerprint density at radius 1 is 1.47 bits per heavy atom. The second-order valence-electron chi connectivity index (χ2n) is 4.61. The van der Waals surface area contributed by atoms with Gasteiger partial charge in [-0.2, -0.15) is 0 Å². The molecule has 0 saturated carbocycles. The molecule has 2 aromatic rings. The lowest BCUT2D eigenvalue weighted by Gasteiger charge is -2.21. The van der Waals surface area contributed by atoms with Crippen LogP contribution >= 0.6 is 0 Å².